The molecular weight excluding hydrogens is 308 g/mol. The van der Waals surface area contributed by atoms with Gasteiger partial charge >= 0.3 is 0 Å². The maximum Gasteiger partial charge on any atom is 0.244 e. The summed E-state index contributed by atoms with van der Waals surface area (Å²) < 4.78 is 15.9. The van der Waals surface area contributed by atoms with Crippen LogP contribution in [0.4, 0.5) is 0 Å². The van der Waals surface area contributed by atoms with Gasteiger partial charge in [0.2, 0.25) is 5.91 Å². The standard InChI is InChI=1S/C18H26N2O4/c1-14(16-5-4-15(22-2)13-17(16)23-3)12-18(21)19-6-7-20-8-10-24-11-9-20/h4-5,12-13H,6-11H2,1-3H3,(H,19,21)/b14-12+. The average Bonchev–Trinajstić information content (AvgIpc) is 2.61. The summed E-state index contributed by atoms with van der Waals surface area (Å²) in [5, 5.41) is 2.93. The molecule has 24 heavy (non-hydrogen) atoms. The molecular formula is C18H26N2O4. The van der Waals surface area contributed by atoms with Crippen LogP contribution in [0.1, 0.15) is 12.5 Å². The quantitative estimate of drug-likeness (QED) is 0.767. The van der Waals surface area contributed by atoms with Crippen LogP contribution in [-0.4, -0.2) is 64.4 Å². The number of benzene rings is 1. The van der Waals surface area contributed by atoms with Crippen LogP contribution in [0.2, 0.25) is 0 Å². The Morgan fingerprint density at radius 3 is 2.71 bits per heavy atom. The van der Waals surface area contributed by atoms with Gasteiger partial charge in [-0.25, -0.2) is 0 Å². The van der Waals surface area contributed by atoms with Gasteiger partial charge in [-0.2, -0.15) is 0 Å². The average molecular weight is 334 g/mol. The molecule has 1 fully saturated rings. The van der Waals surface area contributed by atoms with E-state index in [2.05, 4.69) is 10.2 Å². The molecule has 0 radical (unpaired) electrons. The Morgan fingerprint density at radius 1 is 1.29 bits per heavy atom. The molecule has 1 aromatic carbocycles. The van der Waals surface area contributed by atoms with Crippen LogP contribution < -0.4 is 14.8 Å². The van der Waals surface area contributed by atoms with E-state index in [9.17, 15) is 4.79 Å². The molecule has 1 aromatic rings. The molecule has 1 saturated heterocycles. The van der Waals surface area contributed by atoms with Crippen molar-refractivity contribution in [1.82, 2.24) is 10.2 Å². The van der Waals surface area contributed by atoms with E-state index in [1.807, 2.05) is 25.1 Å². The molecule has 0 bridgehead atoms. The first-order valence-corrected chi connectivity index (χ1v) is 8.12. The van der Waals surface area contributed by atoms with Crippen molar-refractivity contribution >= 4 is 11.5 Å². The lowest BCUT2D eigenvalue weighted by Gasteiger charge is -2.26. The predicted molar refractivity (Wildman–Crippen MR) is 93.5 cm³/mol. The summed E-state index contributed by atoms with van der Waals surface area (Å²) >= 11 is 0. The Balaban J connectivity index is 1.90. The molecule has 0 saturated carbocycles. The fraction of sp³-hybridized carbons (Fsp3) is 0.500. The minimum atomic E-state index is -0.0985. The second-order valence-electron chi connectivity index (χ2n) is 5.64. The molecule has 1 aliphatic heterocycles. The molecule has 0 atom stereocenters. The van der Waals surface area contributed by atoms with Crippen LogP contribution in [-0.2, 0) is 9.53 Å². The van der Waals surface area contributed by atoms with E-state index in [1.54, 1.807) is 20.3 Å². The van der Waals surface area contributed by atoms with Crippen molar-refractivity contribution in [2.75, 3.05) is 53.6 Å². The number of ether oxygens (including phenoxy) is 3. The summed E-state index contributed by atoms with van der Waals surface area (Å²) in [6.45, 7) is 6.75. The molecule has 6 heteroatoms. The zero-order valence-corrected chi connectivity index (χ0v) is 14.6. The molecule has 0 unspecified atom stereocenters. The third kappa shape index (κ3) is 5.25. The topological polar surface area (TPSA) is 60.0 Å². The molecule has 0 aromatic heterocycles. The molecule has 1 N–H and O–H groups in total. The van der Waals surface area contributed by atoms with Crippen molar-refractivity contribution in [3.63, 3.8) is 0 Å². The lowest BCUT2D eigenvalue weighted by molar-refractivity contribution is -0.116. The summed E-state index contributed by atoms with van der Waals surface area (Å²) in [6.07, 6.45) is 1.60. The van der Waals surface area contributed by atoms with Crippen LogP contribution >= 0.6 is 0 Å². The number of rotatable bonds is 7. The highest BCUT2D eigenvalue weighted by Gasteiger charge is 2.11. The van der Waals surface area contributed by atoms with Crippen LogP contribution in [0.3, 0.4) is 0 Å². The Morgan fingerprint density at radius 2 is 2.04 bits per heavy atom. The summed E-state index contributed by atoms with van der Waals surface area (Å²) in [5.41, 5.74) is 1.72. The smallest absolute Gasteiger partial charge is 0.244 e. The van der Waals surface area contributed by atoms with Gasteiger partial charge in [-0.15, -0.1) is 0 Å². The number of carbonyl (C=O) groups is 1. The van der Waals surface area contributed by atoms with Gasteiger partial charge in [0, 0.05) is 43.9 Å². The third-order valence-corrected chi connectivity index (χ3v) is 4.01. The van der Waals surface area contributed by atoms with E-state index >= 15 is 0 Å². The lowest BCUT2D eigenvalue weighted by atomic mass is 10.1. The third-order valence-electron chi connectivity index (χ3n) is 4.01. The summed E-state index contributed by atoms with van der Waals surface area (Å²) in [7, 11) is 3.22. The molecule has 6 nitrogen and oxygen atoms in total. The molecule has 0 spiro atoms. The maximum absolute atomic E-state index is 12.1. The van der Waals surface area contributed by atoms with Gasteiger partial charge in [-0.1, -0.05) is 0 Å². The van der Waals surface area contributed by atoms with Gasteiger partial charge in [-0.3, -0.25) is 9.69 Å². The van der Waals surface area contributed by atoms with Gasteiger partial charge in [-0.05, 0) is 24.6 Å². The van der Waals surface area contributed by atoms with Crippen LogP contribution in [0.5, 0.6) is 11.5 Å². The van der Waals surface area contributed by atoms with Gasteiger partial charge in [0.25, 0.3) is 0 Å². The number of amides is 1. The highest BCUT2D eigenvalue weighted by molar-refractivity contribution is 5.95. The first kappa shape index (κ1) is 18.3. The minimum absolute atomic E-state index is 0.0985. The Labute approximate surface area is 143 Å². The Bertz CT molecular complexity index is 580. The number of nitrogens with one attached hydrogen (secondary N) is 1. The highest BCUT2D eigenvalue weighted by atomic mass is 16.5. The molecule has 1 aliphatic rings. The van der Waals surface area contributed by atoms with E-state index in [-0.39, 0.29) is 5.91 Å². The van der Waals surface area contributed by atoms with E-state index in [4.69, 9.17) is 14.2 Å². The Hall–Kier alpha value is -2.05. The van der Waals surface area contributed by atoms with Gasteiger partial charge < -0.3 is 19.5 Å². The van der Waals surface area contributed by atoms with Crippen LogP contribution in [0.15, 0.2) is 24.3 Å². The van der Waals surface area contributed by atoms with Crippen molar-refractivity contribution in [1.29, 1.82) is 0 Å². The first-order chi connectivity index (χ1) is 11.6. The van der Waals surface area contributed by atoms with E-state index < -0.39 is 0 Å². The zero-order chi connectivity index (χ0) is 17.4. The number of hydrogen-bond donors (Lipinski definition) is 1. The van der Waals surface area contributed by atoms with Gasteiger partial charge in [0.15, 0.2) is 0 Å². The van der Waals surface area contributed by atoms with Crippen molar-refractivity contribution in [3.05, 3.63) is 29.8 Å². The van der Waals surface area contributed by atoms with E-state index in [0.29, 0.717) is 12.3 Å². The second kappa shape index (κ2) is 9.30. The highest BCUT2D eigenvalue weighted by Crippen LogP contribution is 2.29. The van der Waals surface area contributed by atoms with E-state index in [1.165, 1.54) is 0 Å². The number of methoxy groups -OCH3 is 2. The van der Waals surface area contributed by atoms with Crippen LogP contribution in [0.25, 0.3) is 5.57 Å². The Kier molecular flexibility index (Phi) is 7.08. The van der Waals surface area contributed by atoms with Crippen molar-refractivity contribution < 1.29 is 19.0 Å². The molecule has 2 rings (SSSR count). The molecule has 1 heterocycles. The molecule has 132 valence electrons. The predicted octanol–water partition coefficient (Wildman–Crippen LogP) is 1.56. The summed E-state index contributed by atoms with van der Waals surface area (Å²) in [4.78, 5) is 14.4. The molecule has 1 amide bonds. The van der Waals surface area contributed by atoms with Crippen LogP contribution in [0, 0.1) is 0 Å². The first-order valence-electron chi connectivity index (χ1n) is 8.12. The zero-order valence-electron chi connectivity index (χ0n) is 14.6. The lowest BCUT2D eigenvalue weighted by Crippen LogP contribution is -2.41. The number of hydrogen-bond acceptors (Lipinski definition) is 5. The number of carbonyl (C=O) groups excluding carboxylic acids is 1. The monoisotopic (exact) mass is 334 g/mol. The van der Waals surface area contributed by atoms with E-state index in [0.717, 1.165) is 49.7 Å². The fourth-order valence-corrected chi connectivity index (χ4v) is 2.61. The maximum atomic E-state index is 12.1. The fourth-order valence-electron chi connectivity index (χ4n) is 2.61. The van der Waals surface area contributed by atoms with Gasteiger partial charge in [0.05, 0.1) is 27.4 Å². The number of morpholine rings is 1. The van der Waals surface area contributed by atoms with Gasteiger partial charge in [0.1, 0.15) is 11.5 Å². The largest absolute Gasteiger partial charge is 0.497 e. The number of nitrogens with zero attached hydrogens (tertiary/aromatic N) is 1. The van der Waals surface area contributed by atoms with Crippen molar-refractivity contribution in [3.8, 4) is 11.5 Å². The SMILES string of the molecule is COc1ccc(/C(C)=C/C(=O)NCCN2CCOCC2)c(OC)c1. The summed E-state index contributed by atoms with van der Waals surface area (Å²) in [5.74, 6) is 1.31. The van der Waals surface area contributed by atoms with Crippen molar-refractivity contribution in [2.24, 2.45) is 0 Å². The molecule has 0 aliphatic carbocycles. The number of allylic oxidation sites excluding steroid dienone is 1. The second-order valence-corrected chi connectivity index (χ2v) is 5.64. The normalized spacial score (nSPS) is 15.9. The van der Waals surface area contributed by atoms with Crippen molar-refractivity contribution in [2.45, 2.75) is 6.92 Å². The minimum Gasteiger partial charge on any atom is -0.497 e. The summed E-state index contributed by atoms with van der Waals surface area (Å²) in [6, 6.07) is 5.55.